The van der Waals surface area contributed by atoms with Crippen molar-refractivity contribution in [3.8, 4) is 0 Å². The summed E-state index contributed by atoms with van der Waals surface area (Å²) >= 11 is 0. The van der Waals surface area contributed by atoms with E-state index in [1.807, 2.05) is 13.8 Å². The van der Waals surface area contributed by atoms with Gasteiger partial charge in [0.15, 0.2) is 0 Å². The summed E-state index contributed by atoms with van der Waals surface area (Å²) in [6.07, 6.45) is 0. The van der Waals surface area contributed by atoms with Crippen LogP contribution >= 0.6 is 0 Å². The standard InChI is InChI=1S/C16H24FN3O3/c1-10(2)15(18)16(22)20-8-14(21)19-7-11-4-5-13(17)12(6-11)9-23-3/h4-6,10,15H,7-9,18H2,1-3H3,(H,19,21)(H,20,22)/t15-/m0/s1. The second kappa shape index (κ2) is 9.22. The van der Waals surface area contributed by atoms with Crippen LogP contribution in [0.2, 0.25) is 0 Å². The molecule has 0 bridgehead atoms. The van der Waals surface area contributed by atoms with E-state index in [-0.39, 0.29) is 43.2 Å². The minimum Gasteiger partial charge on any atom is -0.380 e. The van der Waals surface area contributed by atoms with Gasteiger partial charge in [0.25, 0.3) is 0 Å². The third-order valence-corrected chi connectivity index (χ3v) is 3.34. The van der Waals surface area contributed by atoms with Crippen LogP contribution in [0.15, 0.2) is 18.2 Å². The Morgan fingerprint density at radius 2 is 2.00 bits per heavy atom. The van der Waals surface area contributed by atoms with E-state index >= 15 is 0 Å². The van der Waals surface area contributed by atoms with Crippen molar-refractivity contribution in [2.45, 2.75) is 33.0 Å². The van der Waals surface area contributed by atoms with Crippen LogP contribution < -0.4 is 16.4 Å². The monoisotopic (exact) mass is 325 g/mol. The van der Waals surface area contributed by atoms with Crippen molar-refractivity contribution in [2.75, 3.05) is 13.7 Å². The molecule has 1 aromatic rings. The number of hydrogen-bond donors (Lipinski definition) is 3. The molecule has 4 N–H and O–H groups in total. The van der Waals surface area contributed by atoms with Crippen molar-refractivity contribution in [3.63, 3.8) is 0 Å². The molecule has 0 heterocycles. The first-order valence-electron chi connectivity index (χ1n) is 7.41. The Morgan fingerprint density at radius 1 is 1.30 bits per heavy atom. The van der Waals surface area contributed by atoms with E-state index in [9.17, 15) is 14.0 Å². The molecule has 23 heavy (non-hydrogen) atoms. The molecule has 1 aromatic carbocycles. The molecule has 0 radical (unpaired) electrons. The van der Waals surface area contributed by atoms with Crippen molar-refractivity contribution in [1.82, 2.24) is 10.6 Å². The Balaban J connectivity index is 2.44. The first-order valence-corrected chi connectivity index (χ1v) is 7.41. The lowest BCUT2D eigenvalue weighted by Crippen LogP contribution is -2.47. The van der Waals surface area contributed by atoms with Gasteiger partial charge in [-0.15, -0.1) is 0 Å². The quantitative estimate of drug-likeness (QED) is 0.655. The first kappa shape index (κ1) is 19.1. The Labute approximate surface area is 135 Å². The summed E-state index contributed by atoms with van der Waals surface area (Å²) in [6, 6.07) is 3.91. The second-order valence-corrected chi connectivity index (χ2v) is 5.62. The smallest absolute Gasteiger partial charge is 0.239 e. The van der Waals surface area contributed by atoms with Gasteiger partial charge in [0.2, 0.25) is 11.8 Å². The number of methoxy groups -OCH3 is 1. The Kier molecular flexibility index (Phi) is 7.64. The summed E-state index contributed by atoms with van der Waals surface area (Å²) in [5.41, 5.74) is 6.85. The summed E-state index contributed by atoms with van der Waals surface area (Å²) in [5.74, 6) is -1.06. The summed E-state index contributed by atoms with van der Waals surface area (Å²) < 4.78 is 18.4. The maximum Gasteiger partial charge on any atom is 0.239 e. The van der Waals surface area contributed by atoms with Crippen molar-refractivity contribution in [3.05, 3.63) is 35.1 Å². The van der Waals surface area contributed by atoms with E-state index in [0.717, 1.165) is 5.56 Å². The number of rotatable bonds is 8. The number of amides is 2. The van der Waals surface area contributed by atoms with Crippen LogP contribution in [0.4, 0.5) is 4.39 Å². The molecule has 2 amide bonds. The molecule has 0 aromatic heterocycles. The fraction of sp³-hybridized carbons (Fsp3) is 0.500. The topological polar surface area (TPSA) is 93.5 Å². The molecule has 0 aliphatic heterocycles. The van der Waals surface area contributed by atoms with Gasteiger partial charge in [-0.25, -0.2) is 4.39 Å². The molecule has 7 heteroatoms. The van der Waals surface area contributed by atoms with E-state index in [1.165, 1.54) is 13.2 Å². The molecule has 0 unspecified atom stereocenters. The van der Waals surface area contributed by atoms with Crippen LogP contribution in [0, 0.1) is 11.7 Å². The van der Waals surface area contributed by atoms with Gasteiger partial charge in [-0.1, -0.05) is 19.9 Å². The Morgan fingerprint density at radius 3 is 2.61 bits per heavy atom. The minimum atomic E-state index is -0.642. The highest BCUT2D eigenvalue weighted by molar-refractivity contribution is 5.87. The largest absolute Gasteiger partial charge is 0.380 e. The van der Waals surface area contributed by atoms with Crippen molar-refractivity contribution < 1.29 is 18.7 Å². The average Bonchev–Trinajstić information content (AvgIpc) is 2.52. The summed E-state index contributed by atoms with van der Waals surface area (Å²) in [5, 5.41) is 5.14. The number of nitrogens with two attached hydrogens (primary N) is 1. The lowest BCUT2D eigenvalue weighted by Gasteiger charge is -2.15. The SMILES string of the molecule is COCc1cc(CNC(=O)CNC(=O)[C@@H](N)C(C)C)ccc1F. The van der Waals surface area contributed by atoms with Crippen LogP contribution in [0.25, 0.3) is 0 Å². The van der Waals surface area contributed by atoms with E-state index < -0.39 is 6.04 Å². The number of nitrogens with one attached hydrogen (secondary N) is 2. The molecular formula is C16H24FN3O3. The first-order chi connectivity index (χ1) is 10.8. The van der Waals surface area contributed by atoms with E-state index in [0.29, 0.717) is 5.56 Å². The van der Waals surface area contributed by atoms with Crippen LogP contribution in [0.3, 0.4) is 0 Å². The zero-order chi connectivity index (χ0) is 17.4. The van der Waals surface area contributed by atoms with Crippen molar-refractivity contribution in [1.29, 1.82) is 0 Å². The predicted molar refractivity (Wildman–Crippen MR) is 84.8 cm³/mol. The molecule has 0 aliphatic rings. The molecule has 1 atom stereocenters. The third kappa shape index (κ3) is 6.33. The van der Waals surface area contributed by atoms with Crippen LogP contribution in [-0.4, -0.2) is 31.5 Å². The fourth-order valence-corrected chi connectivity index (χ4v) is 1.86. The zero-order valence-electron chi connectivity index (χ0n) is 13.7. The minimum absolute atomic E-state index is 0.00326. The average molecular weight is 325 g/mol. The Hall–Kier alpha value is -1.99. The molecule has 0 saturated heterocycles. The second-order valence-electron chi connectivity index (χ2n) is 5.62. The number of halogens is 1. The van der Waals surface area contributed by atoms with Gasteiger partial charge in [-0.3, -0.25) is 9.59 Å². The lowest BCUT2D eigenvalue weighted by atomic mass is 10.1. The van der Waals surface area contributed by atoms with Gasteiger partial charge in [0.05, 0.1) is 19.2 Å². The van der Waals surface area contributed by atoms with Gasteiger partial charge in [0, 0.05) is 19.2 Å². The lowest BCUT2D eigenvalue weighted by molar-refractivity contribution is -0.127. The third-order valence-electron chi connectivity index (χ3n) is 3.34. The summed E-state index contributed by atoms with van der Waals surface area (Å²) in [6.45, 7) is 3.91. The number of hydrogen-bond acceptors (Lipinski definition) is 4. The highest BCUT2D eigenvalue weighted by Crippen LogP contribution is 2.11. The molecule has 0 fully saturated rings. The number of carbonyl (C=O) groups is 2. The number of carbonyl (C=O) groups excluding carboxylic acids is 2. The molecule has 0 aliphatic carbocycles. The molecular weight excluding hydrogens is 301 g/mol. The summed E-state index contributed by atoms with van der Waals surface area (Å²) in [4.78, 5) is 23.4. The molecule has 6 nitrogen and oxygen atoms in total. The van der Waals surface area contributed by atoms with Gasteiger partial charge >= 0.3 is 0 Å². The predicted octanol–water partition coefficient (Wildman–Crippen LogP) is 0.688. The van der Waals surface area contributed by atoms with Crippen LogP contribution in [0.1, 0.15) is 25.0 Å². The summed E-state index contributed by atoms with van der Waals surface area (Å²) in [7, 11) is 1.48. The molecule has 0 saturated carbocycles. The fourth-order valence-electron chi connectivity index (χ4n) is 1.86. The maximum absolute atomic E-state index is 13.5. The Bertz CT molecular complexity index is 549. The van der Waals surface area contributed by atoms with Gasteiger partial charge < -0.3 is 21.1 Å². The highest BCUT2D eigenvalue weighted by atomic mass is 19.1. The van der Waals surface area contributed by atoms with E-state index in [4.69, 9.17) is 10.5 Å². The number of benzene rings is 1. The van der Waals surface area contributed by atoms with E-state index in [1.54, 1.807) is 12.1 Å². The van der Waals surface area contributed by atoms with Gasteiger partial charge in [0.1, 0.15) is 5.82 Å². The normalized spacial score (nSPS) is 12.1. The number of ether oxygens (including phenoxy) is 1. The molecule has 0 spiro atoms. The van der Waals surface area contributed by atoms with E-state index in [2.05, 4.69) is 10.6 Å². The zero-order valence-corrected chi connectivity index (χ0v) is 13.7. The van der Waals surface area contributed by atoms with Gasteiger partial charge in [-0.05, 0) is 23.6 Å². The van der Waals surface area contributed by atoms with Crippen molar-refractivity contribution >= 4 is 11.8 Å². The highest BCUT2D eigenvalue weighted by Gasteiger charge is 2.17. The maximum atomic E-state index is 13.5. The van der Waals surface area contributed by atoms with Crippen LogP contribution in [0.5, 0.6) is 0 Å². The molecule has 128 valence electrons. The van der Waals surface area contributed by atoms with Gasteiger partial charge in [-0.2, -0.15) is 0 Å². The van der Waals surface area contributed by atoms with Crippen LogP contribution in [-0.2, 0) is 27.5 Å². The molecule has 1 rings (SSSR count). The van der Waals surface area contributed by atoms with Crippen molar-refractivity contribution in [2.24, 2.45) is 11.7 Å².